The zero-order valence-corrected chi connectivity index (χ0v) is 7.33. The monoisotopic (exact) mass is 147 g/mol. The van der Waals surface area contributed by atoms with Crippen molar-refractivity contribution in [2.45, 2.75) is 32.7 Å². The maximum Gasteiger partial charge on any atom is 0.188 e. The molecule has 0 rings (SSSR count). The predicted molar refractivity (Wildman–Crippen MR) is 42.1 cm³/mol. The van der Waals surface area contributed by atoms with Crippen molar-refractivity contribution in [3.63, 3.8) is 0 Å². The Labute approximate surface area is 63.0 Å². The lowest BCUT2D eigenvalue weighted by Crippen LogP contribution is -2.58. The van der Waals surface area contributed by atoms with E-state index in [4.69, 9.17) is 5.73 Å². The first-order chi connectivity index (χ1) is 4.42. The fourth-order valence-corrected chi connectivity index (χ4v) is 0.748. The molecular weight excluding hydrogens is 128 g/mol. The summed E-state index contributed by atoms with van der Waals surface area (Å²) < 4.78 is 0.469. The van der Waals surface area contributed by atoms with Crippen LogP contribution in [0.3, 0.4) is 0 Å². The molecule has 0 aliphatic carbocycles. The highest BCUT2D eigenvalue weighted by atomic mass is 16.3. The molecule has 0 aromatic carbocycles. The van der Waals surface area contributed by atoms with E-state index in [9.17, 15) is 5.11 Å². The van der Waals surface area contributed by atoms with Gasteiger partial charge in [0.1, 0.15) is 6.17 Å². The van der Waals surface area contributed by atoms with Crippen molar-refractivity contribution in [2.24, 2.45) is 5.73 Å². The first kappa shape index (κ1) is 9.88. The molecule has 0 aliphatic rings. The van der Waals surface area contributed by atoms with Gasteiger partial charge in [-0.1, -0.05) is 6.92 Å². The van der Waals surface area contributed by atoms with Gasteiger partial charge in [0.05, 0.1) is 14.1 Å². The Morgan fingerprint density at radius 3 is 2.00 bits per heavy atom. The van der Waals surface area contributed by atoms with Crippen LogP contribution in [0.4, 0.5) is 0 Å². The molecule has 0 aromatic heterocycles. The molecule has 2 unspecified atom stereocenters. The first-order valence-electron chi connectivity index (χ1n) is 3.70. The van der Waals surface area contributed by atoms with Crippen LogP contribution < -0.4 is 5.73 Å². The molecule has 0 saturated heterocycles. The Morgan fingerprint density at radius 1 is 1.50 bits per heavy atom. The van der Waals surface area contributed by atoms with Crippen molar-refractivity contribution in [2.75, 3.05) is 14.1 Å². The number of hydrogen-bond donors (Lipinski definition) is 2. The lowest BCUT2D eigenvalue weighted by atomic mass is 10.3. The van der Waals surface area contributed by atoms with Gasteiger partial charge in [-0.05, 0) is 0 Å². The molecule has 3 N–H and O–H groups in total. The van der Waals surface area contributed by atoms with Crippen LogP contribution in [0.2, 0.25) is 0 Å². The molecule has 62 valence electrons. The number of rotatable bonds is 3. The zero-order valence-electron chi connectivity index (χ0n) is 7.33. The fourth-order valence-electron chi connectivity index (χ4n) is 0.748. The highest BCUT2D eigenvalue weighted by Gasteiger charge is 2.27. The van der Waals surface area contributed by atoms with E-state index >= 15 is 0 Å². The van der Waals surface area contributed by atoms with Crippen molar-refractivity contribution in [3.8, 4) is 0 Å². The molecule has 0 amide bonds. The molecule has 10 heavy (non-hydrogen) atoms. The molecule has 0 saturated carbocycles. The maximum atomic E-state index is 9.27. The molecule has 0 spiro atoms. The quantitative estimate of drug-likeness (QED) is 0.439. The van der Waals surface area contributed by atoms with Crippen molar-refractivity contribution >= 4 is 0 Å². The van der Waals surface area contributed by atoms with Gasteiger partial charge in [-0.25, -0.2) is 0 Å². The standard InChI is InChI=1S/C7H19N2O/c1-5-7(8)9(3,4)6(2)10/h6-7,10H,5,8H2,1-4H3/q+1. The number of nitrogens with two attached hydrogens (primary N) is 1. The highest BCUT2D eigenvalue weighted by Crippen LogP contribution is 2.08. The molecule has 0 radical (unpaired) electrons. The van der Waals surface area contributed by atoms with E-state index in [0.29, 0.717) is 4.48 Å². The van der Waals surface area contributed by atoms with E-state index in [1.807, 2.05) is 21.0 Å². The molecular formula is C7H19N2O+. The molecule has 0 bridgehead atoms. The van der Waals surface area contributed by atoms with Gasteiger partial charge in [0.15, 0.2) is 6.23 Å². The van der Waals surface area contributed by atoms with Crippen LogP contribution in [0.1, 0.15) is 20.3 Å². The summed E-state index contributed by atoms with van der Waals surface area (Å²) in [4.78, 5) is 0. The second kappa shape index (κ2) is 3.32. The minimum Gasteiger partial charge on any atom is -0.345 e. The summed E-state index contributed by atoms with van der Waals surface area (Å²) in [5, 5.41) is 9.27. The van der Waals surface area contributed by atoms with Crippen LogP contribution in [0.25, 0.3) is 0 Å². The molecule has 3 heteroatoms. The van der Waals surface area contributed by atoms with Crippen molar-refractivity contribution in [3.05, 3.63) is 0 Å². The van der Waals surface area contributed by atoms with Gasteiger partial charge in [-0.3, -0.25) is 10.2 Å². The third kappa shape index (κ3) is 1.94. The highest BCUT2D eigenvalue weighted by molar-refractivity contribution is 4.44. The number of quaternary nitrogens is 1. The summed E-state index contributed by atoms with van der Waals surface area (Å²) in [6.07, 6.45) is 0.521. The minimum absolute atomic E-state index is 0.0278. The first-order valence-corrected chi connectivity index (χ1v) is 3.70. The summed E-state index contributed by atoms with van der Waals surface area (Å²) in [6.45, 7) is 3.78. The van der Waals surface area contributed by atoms with Gasteiger partial charge in [0.2, 0.25) is 0 Å². The van der Waals surface area contributed by atoms with E-state index in [1.165, 1.54) is 0 Å². The summed E-state index contributed by atoms with van der Waals surface area (Å²) in [5.41, 5.74) is 5.76. The molecule has 0 fully saturated rings. The molecule has 2 atom stereocenters. The fraction of sp³-hybridized carbons (Fsp3) is 1.00. The third-order valence-corrected chi connectivity index (χ3v) is 2.24. The van der Waals surface area contributed by atoms with Gasteiger partial charge in [0, 0.05) is 13.3 Å². The van der Waals surface area contributed by atoms with Crippen LogP contribution in [0.5, 0.6) is 0 Å². The Kier molecular flexibility index (Phi) is 3.28. The van der Waals surface area contributed by atoms with Gasteiger partial charge in [0.25, 0.3) is 0 Å². The van der Waals surface area contributed by atoms with Crippen LogP contribution in [0.15, 0.2) is 0 Å². The molecule has 3 nitrogen and oxygen atoms in total. The summed E-state index contributed by atoms with van der Waals surface area (Å²) >= 11 is 0. The number of aliphatic hydroxyl groups is 1. The molecule has 0 aliphatic heterocycles. The van der Waals surface area contributed by atoms with E-state index in [-0.39, 0.29) is 6.17 Å². The topological polar surface area (TPSA) is 46.2 Å². The van der Waals surface area contributed by atoms with Gasteiger partial charge >= 0.3 is 0 Å². The van der Waals surface area contributed by atoms with Gasteiger partial charge in [-0.15, -0.1) is 0 Å². The predicted octanol–water partition coefficient (Wildman–Crippen LogP) is 0.0959. The Morgan fingerprint density at radius 2 is 1.90 bits per heavy atom. The SMILES string of the molecule is CCC(N)[N+](C)(C)C(C)O. The third-order valence-electron chi connectivity index (χ3n) is 2.24. The number of nitrogens with zero attached hydrogens (tertiary/aromatic N) is 1. The zero-order chi connectivity index (χ0) is 8.36. The van der Waals surface area contributed by atoms with Crippen LogP contribution in [-0.4, -0.2) is 36.1 Å². The molecule has 0 heterocycles. The summed E-state index contributed by atoms with van der Waals surface area (Å²) in [6, 6.07) is 0. The second-order valence-electron chi connectivity index (χ2n) is 3.24. The smallest absolute Gasteiger partial charge is 0.188 e. The van der Waals surface area contributed by atoms with Crippen LogP contribution in [0, 0.1) is 0 Å². The number of aliphatic hydroxyl groups excluding tert-OH is 1. The van der Waals surface area contributed by atoms with Crippen molar-refractivity contribution in [1.29, 1.82) is 0 Å². The Balaban J connectivity index is 4.09. The van der Waals surface area contributed by atoms with E-state index in [1.54, 1.807) is 6.92 Å². The Bertz CT molecular complexity index is 102. The van der Waals surface area contributed by atoms with E-state index in [2.05, 4.69) is 0 Å². The van der Waals surface area contributed by atoms with Crippen molar-refractivity contribution < 1.29 is 9.59 Å². The van der Waals surface area contributed by atoms with Crippen LogP contribution >= 0.6 is 0 Å². The van der Waals surface area contributed by atoms with Crippen molar-refractivity contribution in [1.82, 2.24) is 0 Å². The van der Waals surface area contributed by atoms with Gasteiger partial charge < -0.3 is 5.11 Å². The summed E-state index contributed by atoms with van der Waals surface area (Å²) in [5.74, 6) is 0. The lowest BCUT2D eigenvalue weighted by molar-refractivity contribution is -0.957. The second-order valence-corrected chi connectivity index (χ2v) is 3.24. The Hall–Kier alpha value is -0.120. The maximum absolute atomic E-state index is 9.27. The average molecular weight is 147 g/mol. The van der Waals surface area contributed by atoms with Gasteiger partial charge in [-0.2, -0.15) is 0 Å². The lowest BCUT2D eigenvalue weighted by Gasteiger charge is -2.37. The van der Waals surface area contributed by atoms with Crippen LogP contribution in [-0.2, 0) is 0 Å². The average Bonchev–Trinajstić information content (AvgIpc) is 1.86. The summed E-state index contributed by atoms with van der Waals surface area (Å²) in [7, 11) is 3.86. The number of hydrogen-bond acceptors (Lipinski definition) is 2. The largest absolute Gasteiger partial charge is 0.345 e. The van der Waals surface area contributed by atoms with E-state index in [0.717, 1.165) is 6.42 Å². The normalized spacial score (nSPS) is 18.6. The minimum atomic E-state index is -0.394. The van der Waals surface area contributed by atoms with E-state index < -0.39 is 6.23 Å². The molecule has 0 aromatic rings.